The van der Waals surface area contributed by atoms with Gasteiger partial charge in [-0.3, -0.25) is 10.1 Å². The Balaban J connectivity index is 3.22. The predicted octanol–water partition coefficient (Wildman–Crippen LogP) is 2.93. The van der Waals surface area contributed by atoms with Gasteiger partial charge in [0.05, 0.1) is 10.5 Å². The zero-order valence-electron chi connectivity index (χ0n) is 11.6. The van der Waals surface area contributed by atoms with Crippen molar-refractivity contribution in [3.8, 4) is 0 Å². The lowest BCUT2D eigenvalue weighted by Gasteiger charge is -2.22. The molecule has 1 rings (SSSR count). The van der Waals surface area contributed by atoms with Gasteiger partial charge in [0.25, 0.3) is 5.69 Å². The van der Waals surface area contributed by atoms with Crippen LogP contribution in [0, 0.1) is 10.1 Å². The fourth-order valence-electron chi connectivity index (χ4n) is 1.94. The van der Waals surface area contributed by atoms with Crippen molar-refractivity contribution in [3.63, 3.8) is 0 Å². The summed E-state index contributed by atoms with van der Waals surface area (Å²) in [5, 5.41) is 19.6. The lowest BCUT2D eigenvalue weighted by Crippen LogP contribution is -2.23. The van der Waals surface area contributed by atoms with Crippen LogP contribution in [-0.4, -0.2) is 29.1 Å². The van der Waals surface area contributed by atoms with Crippen LogP contribution in [0.25, 0.3) is 6.08 Å². The van der Waals surface area contributed by atoms with E-state index >= 15 is 0 Å². The second-order valence-corrected chi connectivity index (χ2v) is 4.25. The molecule has 0 aliphatic heterocycles. The number of carbonyl (C=O) groups is 1. The van der Waals surface area contributed by atoms with Gasteiger partial charge in [-0.25, -0.2) is 4.79 Å². The Hall–Kier alpha value is -2.37. The Morgan fingerprint density at radius 1 is 1.45 bits per heavy atom. The van der Waals surface area contributed by atoms with Crippen LogP contribution >= 0.6 is 0 Å². The number of anilines is 1. The third-order valence-corrected chi connectivity index (χ3v) is 2.85. The minimum absolute atomic E-state index is 0.0983. The summed E-state index contributed by atoms with van der Waals surface area (Å²) in [7, 11) is 0. The summed E-state index contributed by atoms with van der Waals surface area (Å²) >= 11 is 0. The number of rotatable bonds is 7. The third kappa shape index (κ3) is 4.08. The maximum absolute atomic E-state index is 11.0. The van der Waals surface area contributed by atoms with Crippen molar-refractivity contribution < 1.29 is 14.8 Å². The average Bonchev–Trinajstić information content (AvgIpc) is 2.42. The van der Waals surface area contributed by atoms with Crippen LogP contribution in [0.2, 0.25) is 0 Å². The van der Waals surface area contributed by atoms with Crippen molar-refractivity contribution >= 4 is 23.4 Å². The number of nitrogens with zero attached hydrogens (tertiary/aromatic N) is 2. The van der Waals surface area contributed by atoms with Gasteiger partial charge in [0.15, 0.2) is 0 Å². The van der Waals surface area contributed by atoms with Gasteiger partial charge in [0.2, 0.25) is 0 Å². The summed E-state index contributed by atoms with van der Waals surface area (Å²) in [6.45, 7) is 5.69. The fraction of sp³-hybridized carbons (Fsp3) is 0.357. The van der Waals surface area contributed by atoms with Crippen molar-refractivity contribution in [2.45, 2.75) is 20.3 Å². The van der Waals surface area contributed by atoms with E-state index in [1.807, 2.05) is 6.92 Å². The van der Waals surface area contributed by atoms with E-state index in [4.69, 9.17) is 5.11 Å². The first kappa shape index (κ1) is 15.7. The average molecular weight is 278 g/mol. The molecule has 0 aliphatic rings. The minimum atomic E-state index is -1.13. The molecule has 0 aliphatic carbocycles. The molecule has 0 saturated heterocycles. The molecule has 1 N–H and O–H groups in total. The minimum Gasteiger partial charge on any atom is -0.478 e. The van der Waals surface area contributed by atoms with Gasteiger partial charge < -0.3 is 10.0 Å². The maximum Gasteiger partial charge on any atom is 0.328 e. The van der Waals surface area contributed by atoms with E-state index in [0.717, 1.165) is 31.3 Å². The summed E-state index contributed by atoms with van der Waals surface area (Å²) in [5.74, 6) is -1.13. The molecular weight excluding hydrogens is 260 g/mol. The zero-order valence-corrected chi connectivity index (χ0v) is 11.6. The Kier molecular flexibility index (Phi) is 5.71. The number of aliphatic carboxylic acids is 1. The summed E-state index contributed by atoms with van der Waals surface area (Å²) < 4.78 is 0. The first-order valence-electron chi connectivity index (χ1n) is 6.44. The third-order valence-electron chi connectivity index (χ3n) is 2.85. The highest BCUT2D eigenvalue weighted by Crippen LogP contribution is 2.26. The van der Waals surface area contributed by atoms with E-state index in [1.54, 1.807) is 12.1 Å². The molecule has 108 valence electrons. The number of carboxylic acids is 1. The summed E-state index contributed by atoms with van der Waals surface area (Å²) in [6.07, 6.45) is 3.12. The van der Waals surface area contributed by atoms with Crippen LogP contribution in [0.1, 0.15) is 25.8 Å². The number of nitro groups is 1. The SMILES string of the molecule is CCCN(CC)c1ccc([N+](=O)[O-])c(/C=C/C(=O)O)c1. The standard InChI is InChI=1S/C14H18N2O4/c1-3-9-15(4-2)12-6-7-13(16(19)20)11(10-12)5-8-14(17)18/h5-8,10H,3-4,9H2,1-2H3,(H,17,18)/b8-5+. The largest absolute Gasteiger partial charge is 0.478 e. The lowest BCUT2D eigenvalue weighted by atomic mass is 10.1. The molecular formula is C14H18N2O4. The first-order chi connectivity index (χ1) is 9.49. The highest BCUT2D eigenvalue weighted by atomic mass is 16.6. The van der Waals surface area contributed by atoms with Gasteiger partial charge in [-0.05, 0) is 31.6 Å². The fourth-order valence-corrected chi connectivity index (χ4v) is 1.94. The summed E-state index contributed by atoms with van der Waals surface area (Å²) in [6, 6.07) is 4.75. The Labute approximate surface area is 117 Å². The van der Waals surface area contributed by atoms with E-state index in [1.165, 1.54) is 12.1 Å². The summed E-state index contributed by atoms with van der Waals surface area (Å²) in [4.78, 5) is 23.1. The summed E-state index contributed by atoms with van der Waals surface area (Å²) in [5.41, 5.74) is 1.05. The van der Waals surface area contributed by atoms with Crippen LogP contribution in [0.4, 0.5) is 11.4 Å². The number of carboxylic acid groups (broad SMARTS) is 1. The number of nitro benzene ring substituents is 1. The molecule has 0 amide bonds. The highest BCUT2D eigenvalue weighted by Gasteiger charge is 2.14. The molecule has 20 heavy (non-hydrogen) atoms. The van der Waals surface area contributed by atoms with Crippen molar-refractivity contribution in [1.82, 2.24) is 0 Å². The van der Waals surface area contributed by atoms with E-state index < -0.39 is 10.9 Å². The van der Waals surface area contributed by atoms with Crippen LogP contribution in [0.15, 0.2) is 24.3 Å². The molecule has 0 fully saturated rings. The first-order valence-corrected chi connectivity index (χ1v) is 6.44. The van der Waals surface area contributed by atoms with Gasteiger partial charge in [-0.1, -0.05) is 6.92 Å². The van der Waals surface area contributed by atoms with Crippen LogP contribution in [0.3, 0.4) is 0 Å². The molecule has 1 aromatic rings. The molecule has 0 atom stereocenters. The van der Waals surface area contributed by atoms with E-state index in [9.17, 15) is 14.9 Å². The topological polar surface area (TPSA) is 83.7 Å². The van der Waals surface area contributed by atoms with Crippen LogP contribution < -0.4 is 4.90 Å². The van der Waals surface area contributed by atoms with Crippen molar-refractivity contribution in [3.05, 3.63) is 40.0 Å². The molecule has 6 heteroatoms. The Morgan fingerprint density at radius 3 is 2.65 bits per heavy atom. The van der Waals surface area contributed by atoms with Crippen LogP contribution in [-0.2, 0) is 4.79 Å². The van der Waals surface area contributed by atoms with Crippen molar-refractivity contribution in [2.75, 3.05) is 18.0 Å². The smallest absolute Gasteiger partial charge is 0.328 e. The second kappa shape index (κ2) is 7.28. The molecule has 0 aromatic heterocycles. The van der Waals surface area contributed by atoms with E-state index in [0.29, 0.717) is 5.56 Å². The molecule has 6 nitrogen and oxygen atoms in total. The van der Waals surface area contributed by atoms with E-state index in [-0.39, 0.29) is 5.69 Å². The van der Waals surface area contributed by atoms with Gasteiger partial charge in [0.1, 0.15) is 0 Å². The van der Waals surface area contributed by atoms with Gasteiger partial charge in [-0.15, -0.1) is 0 Å². The number of hydrogen-bond acceptors (Lipinski definition) is 4. The van der Waals surface area contributed by atoms with Gasteiger partial charge >= 0.3 is 5.97 Å². The van der Waals surface area contributed by atoms with Gasteiger partial charge in [0, 0.05) is 30.9 Å². The maximum atomic E-state index is 11.0. The normalized spacial score (nSPS) is 10.7. The van der Waals surface area contributed by atoms with Crippen LogP contribution in [0.5, 0.6) is 0 Å². The highest BCUT2D eigenvalue weighted by molar-refractivity contribution is 5.86. The second-order valence-electron chi connectivity index (χ2n) is 4.25. The molecule has 0 saturated carbocycles. The number of benzene rings is 1. The van der Waals surface area contributed by atoms with Gasteiger partial charge in [-0.2, -0.15) is 0 Å². The Morgan fingerprint density at radius 2 is 2.15 bits per heavy atom. The molecule has 0 bridgehead atoms. The predicted molar refractivity (Wildman–Crippen MR) is 77.9 cm³/mol. The number of hydrogen-bond donors (Lipinski definition) is 1. The molecule has 0 unspecified atom stereocenters. The quantitative estimate of drug-likeness (QED) is 0.471. The lowest BCUT2D eigenvalue weighted by molar-refractivity contribution is -0.385. The molecule has 0 spiro atoms. The Bertz CT molecular complexity index is 526. The molecule has 1 aromatic carbocycles. The molecule has 0 heterocycles. The van der Waals surface area contributed by atoms with Crippen molar-refractivity contribution in [1.29, 1.82) is 0 Å². The van der Waals surface area contributed by atoms with Crippen molar-refractivity contribution in [2.24, 2.45) is 0 Å². The van der Waals surface area contributed by atoms with E-state index in [2.05, 4.69) is 11.8 Å². The molecule has 0 radical (unpaired) electrons. The zero-order chi connectivity index (χ0) is 15.1. The monoisotopic (exact) mass is 278 g/mol.